The standard InChI is InChI=1S/C9H19Br/c1-5-8(3)9(4,6-2)7-10/h8H,5-7H2,1-4H3. The Morgan fingerprint density at radius 1 is 1.40 bits per heavy atom. The van der Waals surface area contributed by atoms with Gasteiger partial charge in [0.25, 0.3) is 0 Å². The van der Waals surface area contributed by atoms with Crippen molar-refractivity contribution in [2.75, 3.05) is 5.33 Å². The Bertz CT molecular complexity index is 84.7. The molecule has 0 amide bonds. The molecule has 0 aliphatic carbocycles. The first kappa shape index (κ1) is 10.5. The Hall–Kier alpha value is 0.480. The fourth-order valence-electron chi connectivity index (χ4n) is 1.07. The van der Waals surface area contributed by atoms with E-state index in [0.29, 0.717) is 5.41 Å². The Kier molecular flexibility index (Phi) is 4.59. The first-order chi connectivity index (χ1) is 4.60. The molecule has 0 aliphatic rings. The molecule has 0 fully saturated rings. The molecule has 0 heterocycles. The van der Waals surface area contributed by atoms with Crippen LogP contribution < -0.4 is 0 Å². The minimum atomic E-state index is 0.509. The van der Waals surface area contributed by atoms with Gasteiger partial charge in [0.1, 0.15) is 0 Å². The maximum atomic E-state index is 3.57. The molecule has 0 aliphatic heterocycles. The molecule has 0 aromatic heterocycles. The third-order valence-electron chi connectivity index (χ3n) is 2.92. The minimum absolute atomic E-state index is 0.509. The largest absolute Gasteiger partial charge is 0.0922 e. The molecule has 2 unspecified atom stereocenters. The summed E-state index contributed by atoms with van der Waals surface area (Å²) in [5.74, 6) is 0.830. The average molecular weight is 207 g/mol. The zero-order valence-corrected chi connectivity index (χ0v) is 9.16. The maximum absolute atomic E-state index is 3.57. The third-order valence-corrected chi connectivity index (χ3v) is 4.20. The van der Waals surface area contributed by atoms with Crippen LogP contribution in [0.5, 0.6) is 0 Å². The first-order valence-electron chi connectivity index (χ1n) is 4.16. The molecule has 0 saturated carbocycles. The Morgan fingerprint density at radius 2 is 1.90 bits per heavy atom. The zero-order valence-electron chi connectivity index (χ0n) is 7.58. The van der Waals surface area contributed by atoms with Gasteiger partial charge in [0.05, 0.1) is 0 Å². The highest BCUT2D eigenvalue weighted by Gasteiger charge is 2.26. The van der Waals surface area contributed by atoms with Crippen molar-refractivity contribution in [3.63, 3.8) is 0 Å². The molecule has 2 atom stereocenters. The number of hydrogen-bond acceptors (Lipinski definition) is 0. The van der Waals surface area contributed by atoms with Crippen LogP contribution in [0, 0.1) is 11.3 Å². The van der Waals surface area contributed by atoms with Crippen LogP contribution in [0.4, 0.5) is 0 Å². The van der Waals surface area contributed by atoms with Gasteiger partial charge in [-0.3, -0.25) is 0 Å². The molecule has 0 aromatic carbocycles. The molecular weight excluding hydrogens is 188 g/mol. The lowest BCUT2D eigenvalue weighted by Crippen LogP contribution is -2.25. The molecule has 0 nitrogen and oxygen atoms in total. The Balaban J connectivity index is 4.02. The predicted molar refractivity (Wildman–Crippen MR) is 51.6 cm³/mol. The van der Waals surface area contributed by atoms with E-state index in [2.05, 4.69) is 43.6 Å². The highest BCUT2D eigenvalue weighted by molar-refractivity contribution is 9.09. The summed E-state index contributed by atoms with van der Waals surface area (Å²) in [6.07, 6.45) is 2.56. The zero-order chi connectivity index (χ0) is 8.20. The second-order valence-electron chi connectivity index (χ2n) is 3.45. The lowest BCUT2D eigenvalue weighted by molar-refractivity contribution is 0.224. The lowest BCUT2D eigenvalue weighted by atomic mass is 9.76. The summed E-state index contributed by atoms with van der Waals surface area (Å²) in [4.78, 5) is 0. The van der Waals surface area contributed by atoms with Gasteiger partial charge < -0.3 is 0 Å². The van der Waals surface area contributed by atoms with E-state index in [1.807, 2.05) is 0 Å². The van der Waals surface area contributed by atoms with E-state index in [-0.39, 0.29) is 0 Å². The van der Waals surface area contributed by atoms with Crippen molar-refractivity contribution in [3.8, 4) is 0 Å². The van der Waals surface area contributed by atoms with Gasteiger partial charge in [-0.2, -0.15) is 0 Å². The van der Waals surface area contributed by atoms with Crippen LogP contribution in [0.1, 0.15) is 40.5 Å². The van der Waals surface area contributed by atoms with Crippen LogP contribution in [-0.4, -0.2) is 5.33 Å². The van der Waals surface area contributed by atoms with Gasteiger partial charge in [-0.25, -0.2) is 0 Å². The van der Waals surface area contributed by atoms with E-state index >= 15 is 0 Å². The van der Waals surface area contributed by atoms with E-state index in [1.54, 1.807) is 0 Å². The van der Waals surface area contributed by atoms with Crippen LogP contribution in [0.15, 0.2) is 0 Å². The molecule has 0 N–H and O–H groups in total. The maximum Gasteiger partial charge on any atom is 0.00877 e. The molecule has 62 valence electrons. The molecule has 0 spiro atoms. The number of halogens is 1. The van der Waals surface area contributed by atoms with Crippen LogP contribution in [0.2, 0.25) is 0 Å². The topological polar surface area (TPSA) is 0 Å². The second-order valence-corrected chi connectivity index (χ2v) is 4.01. The van der Waals surface area contributed by atoms with Gasteiger partial charge in [0.15, 0.2) is 0 Å². The van der Waals surface area contributed by atoms with Gasteiger partial charge in [0.2, 0.25) is 0 Å². The first-order valence-corrected chi connectivity index (χ1v) is 5.28. The van der Waals surface area contributed by atoms with E-state index in [4.69, 9.17) is 0 Å². The summed E-state index contributed by atoms with van der Waals surface area (Å²) in [7, 11) is 0. The van der Waals surface area contributed by atoms with Crippen molar-refractivity contribution in [3.05, 3.63) is 0 Å². The molecule has 10 heavy (non-hydrogen) atoms. The summed E-state index contributed by atoms with van der Waals surface area (Å²) in [6, 6.07) is 0. The van der Waals surface area contributed by atoms with Crippen LogP contribution in [0.25, 0.3) is 0 Å². The molecular formula is C9H19Br. The average Bonchev–Trinajstić information content (AvgIpc) is 2.01. The predicted octanol–water partition coefficient (Wildman–Crippen LogP) is 3.84. The van der Waals surface area contributed by atoms with E-state index in [9.17, 15) is 0 Å². The van der Waals surface area contributed by atoms with Crippen molar-refractivity contribution < 1.29 is 0 Å². The van der Waals surface area contributed by atoms with Gasteiger partial charge >= 0.3 is 0 Å². The quantitative estimate of drug-likeness (QED) is 0.614. The van der Waals surface area contributed by atoms with E-state index < -0.39 is 0 Å². The summed E-state index contributed by atoms with van der Waals surface area (Å²) in [6.45, 7) is 9.23. The van der Waals surface area contributed by atoms with E-state index in [1.165, 1.54) is 12.8 Å². The number of hydrogen-bond donors (Lipinski definition) is 0. The number of rotatable bonds is 4. The molecule has 0 aromatic rings. The minimum Gasteiger partial charge on any atom is -0.0922 e. The summed E-state index contributed by atoms with van der Waals surface area (Å²) in [5.41, 5.74) is 0.509. The smallest absolute Gasteiger partial charge is 0.00877 e. The monoisotopic (exact) mass is 206 g/mol. The van der Waals surface area contributed by atoms with Crippen LogP contribution >= 0.6 is 15.9 Å². The second kappa shape index (κ2) is 4.38. The fraction of sp³-hybridized carbons (Fsp3) is 1.00. The highest BCUT2D eigenvalue weighted by Crippen LogP contribution is 2.34. The SMILES string of the molecule is CCC(C)C(C)(CC)CBr. The summed E-state index contributed by atoms with van der Waals surface area (Å²) >= 11 is 3.57. The van der Waals surface area contributed by atoms with Crippen molar-refractivity contribution in [1.82, 2.24) is 0 Å². The molecule has 0 radical (unpaired) electrons. The molecule has 0 saturated heterocycles. The Morgan fingerprint density at radius 3 is 2.00 bits per heavy atom. The van der Waals surface area contributed by atoms with Crippen LogP contribution in [-0.2, 0) is 0 Å². The molecule has 1 heteroatoms. The van der Waals surface area contributed by atoms with Gasteiger partial charge in [-0.1, -0.05) is 50.0 Å². The van der Waals surface area contributed by atoms with Gasteiger partial charge in [0, 0.05) is 5.33 Å². The lowest BCUT2D eigenvalue weighted by Gasteiger charge is -2.32. The normalized spacial score (nSPS) is 20.1. The third kappa shape index (κ3) is 2.26. The molecule has 0 rings (SSSR count). The van der Waals surface area contributed by atoms with Crippen molar-refractivity contribution in [1.29, 1.82) is 0 Å². The summed E-state index contributed by atoms with van der Waals surface area (Å²) in [5, 5.41) is 1.13. The number of alkyl halides is 1. The summed E-state index contributed by atoms with van der Waals surface area (Å²) < 4.78 is 0. The highest BCUT2D eigenvalue weighted by atomic mass is 79.9. The van der Waals surface area contributed by atoms with Gasteiger partial charge in [-0.15, -0.1) is 0 Å². The fourth-order valence-corrected chi connectivity index (χ4v) is 2.02. The Labute approximate surface area is 73.5 Å². The molecule has 0 bridgehead atoms. The van der Waals surface area contributed by atoms with Crippen molar-refractivity contribution >= 4 is 15.9 Å². The van der Waals surface area contributed by atoms with Crippen LogP contribution in [0.3, 0.4) is 0 Å². The van der Waals surface area contributed by atoms with E-state index in [0.717, 1.165) is 11.2 Å². The van der Waals surface area contributed by atoms with Crippen molar-refractivity contribution in [2.24, 2.45) is 11.3 Å². The van der Waals surface area contributed by atoms with Crippen molar-refractivity contribution in [2.45, 2.75) is 40.5 Å². The van der Waals surface area contributed by atoms with Gasteiger partial charge in [-0.05, 0) is 17.8 Å².